The van der Waals surface area contributed by atoms with Crippen LogP contribution >= 0.6 is 0 Å². The number of anilines is 2. The van der Waals surface area contributed by atoms with Gasteiger partial charge in [0, 0.05) is 18.2 Å². The number of aryl methyl sites for hydroxylation is 1. The molecule has 0 fully saturated rings. The maximum Gasteiger partial charge on any atom is 0.264 e. The lowest BCUT2D eigenvalue weighted by Gasteiger charge is -2.08. The number of carbonyl (C=O) groups excluding carboxylic acids is 1. The van der Waals surface area contributed by atoms with Crippen LogP contribution in [0.3, 0.4) is 0 Å². The molecule has 2 N–H and O–H groups in total. The Morgan fingerprint density at radius 3 is 2.57 bits per heavy atom. The highest BCUT2D eigenvalue weighted by molar-refractivity contribution is 7.92. The molecule has 0 saturated carbocycles. The molecule has 0 spiro atoms. The van der Waals surface area contributed by atoms with E-state index in [-0.39, 0.29) is 16.7 Å². The number of rotatable bonds is 4. The van der Waals surface area contributed by atoms with Crippen molar-refractivity contribution in [1.82, 2.24) is 5.16 Å². The van der Waals surface area contributed by atoms with E-state index in [9.17, 15) is 13.2 Å². The Balaban J connectivity index is 2.31. The summed E-state index contributed by atoms with van der Waals surface area (Å²) in [6.45, 7) is 4.77. The molecule has 1 heterocycles. The third-order valence-electron chi connectivity index (χ3n) is 2.85. The van der Waals surface area contributed by atoms with Crippen LogP contribution in [-0.4, -0.2) is 19.5 Å². The van der Waals surface area contributed by atoms with Crippen molar-refractivity contribution in [2.45, 2.75) is 25.7 Å². The lowest BCUT2D eigenvalue weighted by atomic mass is 10.3. The van der Waals surface area contributed by atoms with Crippen LogP contribution in [0.25, 0.3) is 0 Å². The van der Waals surface area contributed by atoms with Gasteiger partial charge in [-0.2, -0.15) is 0 Å². The topological polar surface area (TPSA) is 101 Å². The van der Waals surface area contributed by atoms with Gasteiger partial charge < -0.3 is 9.84 Å². The number of benzene rings is 1. The summed E-state index contributed by atoms with van der Waals surface area (Å²) in [5.41, 5.74) is 1.63. The van der Waals surface area contributed by atoms with Crippen LogP contribution in [-0.2, 0) is 14.8 Å². The molecule has 0 atom stereocenters. The fourth-order valence-electron chi connectivity index (χ4n) is 1.64. The number of hydrogen-bond acceptors (Lipinski definition) is 5. The molecule has 8 heteroatoms. The molecular weight excluding hydrogens is 294 g/mol. The summed E-state index contributed by atoms with van der Waals surface area (Å²) in [6, 6.07) is 5.93. The highest BCUT2D eigenvalue weighted by atomic mass is 32.2. The van der Waals surface area contributed by atoms with Crippen LogP contribution in [0.15, 0.2) is 33.7 Å². The first-order valence-corrected chi connectivity index (χ1v) is 7.61. The summed E-state index contributed by atoms with van der Waals surface area (Å²) in [6.07, 6.45) is 0. The minimum Gasteiger partial charge on any atom is -0.337 e. The quantitative estimate of drug-likeness (QED) is 0.900. The molecule has 0 aliphatic carbocycles. The first-order chi connectivity index (χ1) is 9.79. The number of hydrogen-bond donors (Lipinski definition) is 2. The highest BCUT2D eigenvalue weighted by Crippen LogP contribution is 2.23. The third-order valence-corrected chi connectivity index (χ3v) is 4.18. The molecule has 0 radical (unpaired) electrons. The second kappa shape index (κ2) is 5.57. The van der Waals surface area contributed by atoms with Crippen molar-refractivity contribution in [3.8, 4) is 0 Å². The van der Waals surface area contributed by atoms with E-state index in [0.717, 1.165) is 0 Å². The largest absolute Gasteiger partial charge is 0.337 e. The van der Waals surface area contributed by atoms with E-state index >= 15 is 0 Å². The zero-order valence-corrected chi connectivity index (χ0v) is 12.6. The SMILES string of the molecule is CC(=O)Nc1cccc(S(=O)(=O)Nc2onc(C)c2C)c1. The molecule has 1 amide bonds. The van der Waals surface area contributed by atoms with E-state index < -0.39 is 10.0 Å². The van der Waals surface area contributed by atoms with Gasteiger partial charge in [0.2, 0.25) is 11.8 Å². The molecule has 21 heavy (non-hydrogen) atoms. The van der Waals surface area contributed by atoms with Crippen molar-refractivity contribution < 1.29 is 17.7 Å². The van der Waals surface area contributed by atoms with Gasteiger partial charge in [0.1, 0.15) is 0 Å². The van der Waals surface area contributed by atoms with Crippen LogP contribution in [0.1, 0.15) is 18.2 Å². The molecule has 0 aliphatic heterocycles. The predicted molar refractivity (Wildman–Crippen MR) is 77.5 cm³/mol. The molecule has 112 valence electrons. The molecule has 0 unspecified atom stereocenters. The number of carbonyl (C=O) groups is 1. The molecule has 0 aliphatic rings. The number of aromatic nitrogens is 1. The summed E-state index contributed by atoms with van der Waals surface area (Å²) >= 11 is 0. The van der Waals surface area contributed by atoms with E-state index in [1.165, 1.54) is 19.1 Å². The summed E-state index contributed by atoms with van der Waals surface area (Å²) in [5.74, 6) is -0.198. The van der Waals surface area contributed by atoms with E-state index in [1.54, 1.807) is 26.0 Å². The van der Waals surface area contributed by atoms with Gasteiger partial charge in [-0.1, -0.05) is 11.2 Å². The van der Waals surface area contributed by atoms with Crippen LogP contribution in [0.2, 0.25) is 0 Å². The standard InChI is InChI=1S/C13H15N3O4S/c1-8-9(2)15-20-13(8)16-21(18,19)12-6-4-5-11(7-12)14-10(3)17/h4-7,16H,1-3H3,(H,14,17). The molecule has 2 rings (SSSR count). The average molecular weight is 309 g/mol. The Hall–Kier alpha value is -2.35. The molecule has 0 saturated heterocycles. The lowest BCUT2D eigenvalue weighted by Crippen LogP contribution is -2.14. The smallest absolute Gasteiger partial charge is 0.264 e. The Kier molecular flexibility index (Phi) is 3.99. The van der Waals surface area contributed by atoms with Crippen LogP contribution in [0, 0.1) is 13.8 Å². The zero-order chi connectivity index (χ0) is 15.6. The van der Waals surface area contributed by atoms with Crippen molar-refractivity contribution >= 4 is 27.5 Å². The van der Waals surface area contributed by atoms with Crippen molar-refractivity contribution in [2.24, 2.45) is 0 Å². The molecule has 1 aromatic heterocycles. The number of nitrogens with one attached hydrogen (secondary N) is 2. The van der Waals surface area contributed by atoms with Crippen LogP contribution in [0.5, 0.6) is 0 Å². The Bertz CT molecular complexity index is 780. The number of amides is 1. The van der Waals surface area contributed by atoms with Crippen molar-refractivity contribution in [3.05, 3.63) is 35.5 Å². The highest BCUT2D eigenvalue weighted by Gasteiger charge is 2.19. The normalized spacial score (nSPS) is 11.2. The summed E-state index contributed by atoms with van der Waals surface area (Å²) in [5, 5.41) is 6.22. The first kappa shape index (κ1) is 15.0. The van der Waals surface area contributed by atoms with Gasteiger partial charge in [-0.3, -0.25) is 4.79 Å². The predicted octanol–water partition coefficient (Wildman–Crippen LogP) is 2.05. The summed E-state index contributed by atoms with van der Waals surface area (Å²) < 4.78 is 31.9. The van der Waals surface area contributed by atoms with E-state index in [4.69, 9.17) is 4.52 Å². The van der Waals surface area contributed by atoms with Gasteiger partial charge in [-0.25, -0.2) is 13.1 Å². The van der Waals surface area contributed by atoms with E-state index in [1.807, 2.05) is 0 Å². The molecular formula is C13H15N3O4S. The van der Waals surface area contributed by atoms with Gasteiger partial charge >= 0.3 is 0 Å². The average Bonchev–Trinajstić information content (AvgIpc) is 2.70. The van der Waals surface area contributed by atoms with Gasteiger partial charge in [0.05, 0.1) is 10.6 Å². The second-order valence-corrected chi connectivity index (χ2v) is 6.22. The fourth-order valence-corrected chi connectivity index (χ4v) is 2.73. The lowest BCUT2D eigenvalue weighted by molar-refractivity contribution is -0.114. The Morgan fingerprint density at radius 2 is 2.00 bits per heavy atom. The van der Waals surface area contributed by atoms with Crippen LogP contribution in [0.4, 0.5) is 11.6 Å². The van der Waals surface area contributed by atoms with Crippen molar-refractivity contribution in [3.63, 3.8) is 0 Å². The minimum absolute atomic E-state index is 0.0159. The monoisotopic (exact) mass is 309 g/mol. The molecule has 0 bridgehead atoms. The second-order valence-electron chi connectivity index (χ2n) is 4.54. The minimum atomic E-state index is -3.82. The van der Waals surface area contributed by atoms with Gasteiger partial charge in [-0.15, -0.1) is 0 Å². The fraction of sp³-hybridized carbons (Fsp3) is 0.231. The molecule has 7 nitrogen and oxygen atoms in total. The summed E-state index contributed by atoms with van der Waals surface area (Å²) in [4.78, 5) is 11.0. The Labute approximate surface area is 122 Å². The molecule has 2 aromatic rings. The maximum absolute atomic E-state index is 12.3. The molecule has 1 aromatic carbocycles. The van der Waals surface area contributed by atoms with Crippen molar-refractivity contribution in [1.29, 1.82) is 0 Å². The third kappa shape index (κ3) is 3.40. The van der Waals surface area contributed by atoms with E-state index in [2.05, 4.69) is 15.2 Å². The summed E-state index contributed by atoms with van der Waals surface area (Å²) in [7, 11) is -3.82. The Morgan fingerprint density at radius 1 is 1.29 bits per heavy atom. The number of sulfonamides is 1. The van der Waals surface area contributed by atoms with Gasteiger partial charge in [-0.05, 0) is 32.0 Å². The van der Waals surface area contributed by atoms with Gasteiger partial charge in [0.25, 0.3) is 10.0 Å². The zero-order valence-electron chi connectivity index (χ0n) is 11.8. The van der Waals surface area contributed by atoms with Crippen LogP contribution < -0.4 is 10.0 Å². The van der Waals surface area contributed by atoms with E-state index in [0.29, 0.717) is 16.9 Å². The van der Waals surface area contributed by atoms with Gasteiger partial charge in [0.15, 0.2) is 0 Å². The maximum atomic E-state index is 12.3. The van der Waals surface area contributed by atoms with Crippen molar-refractivity contribution in [2.75, 3.05) is 10.0 Å². The number of nitrogens with zero attached hydrogens (tertiary/aromatic N) is 1. The first-order valence-electron chi connectivity index (χ1n) is 6.13.